The van der Waals surface area contributed by atoms with Crippen LogP contribution in [-0.2, 0) is 6.61 Å². The number of nitrogens with zero attached hydrogens (tertiary/aromatic N) is 1. The van der Waals surface area contributed by atoms with Crippen LogP contribution in [0.5, 0.6) is 5.75 Å². The number of nitriles is 1. The van der Waals surface area contributed by atoms with Gasteiger partial charge in [-0.05, 0) is 24.3 Å². The summed E-state index contributed by atoms with van der Waals surface area (Å²) in [4.78, 5) is 0. The second-order valence-corrected chi connectivity index (χ2v) is 4.80. The van der Waals surface area contributed by atoms with Crippen molar-refractivity contribution in [3.63, 3.8) is 0 Å². The van der Waals surface area contributed by atoms with Crippen molar-refractivity contribution >= 4 is 21.6 Å². The maximum atomic E-state index is 13.4. The van der Waals surface area contributed by atoms with Crippen molar-refractivity contribution in [2.75, 3.05) is 5.73 Å². The van der Waals surface area contributed by atoms with E-state index in [0.29, 0.717) is 11.4 Å². The molecular weight excluding hydrogens is 311 g/mol. The largest absolute Gasteiger partial charge is 0.489 e. The zero-order valence-corrected chi connectivity index (χ0v) is 11.4. The Morgan fingerprint density at radius 1 is 1.26 bits per heavy atom. The summed E-state index contributed by atoms with van der Waals surface area (Å²) < 4.78 is 19.7. The van der Waals surface area contributed by atoms with E-state index in [4.69, 9.17) is 15.7 Å². The predicted octanol–water partition coefficient (Wildman–Crippen LogP) is 3.62. The lowest BCUT2D eigenvalue weighted by molar-refractivity contribution is 0.305. The van der Waals surface area contributed by atoms with Gasteiger partial charge in [0.1, 0.15) is 24.2 Å². The number of halogens is 2. The average Bonchev–Trinajstić information content (AvgIpc) is 2.38. The highest BCUT2D eigenvalue weighted by Gasteiger charge is 2.05. The zero-order chi connectivity index (χ0) is 13.8. The summed E-state index contributed by atoms with van der Waals surface area (Å²) >= 11 is 3.32. The van der Waals surface area contributed by atoms with Gasteiger partial charge in [0.25, 0.3) is 0 Å². The van der Waals surface area contributed by atoms with E-state index in [-0.39, 0.29) is 12.2 Å². The summed E-state index contributed by atoms with van der Waals surface area (Å²) in [5.74, 6) is -0.234. The average molecular weight is 321 g/mol. The van der Waals surface area contributed by atoms with Crippen LogP contribution in [0.2, 0.25) is 0 Å². The summed E-state index contributed by atoms with van der Waals surface area (Å²) in [5.41, 5.74) is 7.24. The molecule has 0 heterocycles. The molecule has 96 valence electrons. The van der Waals surface area contributed by atoms with E-state index in [0.717, 1.165) is 10.0 Å². The van der Waals surface area contributed by atoms with Crippen LogP contribution >= 0.6 is 15.9 Å². The molecule has 5 heteroatoms. The standard InChI is InChI=1S/C14H10BrFN2O/c15-11-3-1-10(14(18)5-11)8-19-12-4-2-9(7-17)13(16)6-12/h1-6H,8,18H2. The third kappa shape index (κ3) is 3.24. The van der Waals surface area contributed by atoms with Crippen LogP contribution in [0.25, 0.3) is 0 Å². The molecule has 3 nitrogen and oxygen atoms in total. The molecule has 0 aliphatic heterocycles. The number of ether oxygens (including phenoxy) is 1. The summed E-state index contributed by atoms with van der Waals surface area (Å²) in [6.45, 7) is 0.241. The van der Waals surface area contributed by atoms with Gasteiger partial charge in [-0.1, -0.05) is 22.0 Å². The summed E-state index contributed by atoms with van der Waals surface area (Å²) in [6.07, 6.45) is 0. The molecular formula is C14H10BrFN2O. The van der Waals surface area contributed by atoms with Crippen molar-refractivity contribution in [2.24, 2.45) is 0 Å². The van der Waals surface area contributed by atoms with Gasteiger partial charge in [0.2, 0.25) is 0 Å². The van der Waals surface area contributed by atoms with Gasteiger partial charge in [-0.15, -0.1) is 0 Å². The Hall–Kier alpha value is -2.06. The van der Waals surface area contributed by atoms with Gasteiger partial charge < -0.3 is 10.5 Å². The first-order valence-electron chi connectivity index (χ1n) is 5.46. The Labute approximate surface area is 118 Å². The molecule has 0 amide bonds. The fourth-order valence-electron chi connectivity index (χ4n) is 1.53. The van der Waals surface area contributed by atoms with E-state index < -0.39 is 5.82 Å². The lowest BCUT2D eigenvalue weighted by Crippen LogP contribution is -2.00. The minimum absolute atomic E-state index is 0.00416. The number of rotatable bonds is 3. The molecule has 0 aliphatic rings. The third-order valence-corrected chi connectivity index (χ3v) is 3.06. The Morgan fingerprint density at radius 2 is 2.05 bits per heavy atom. The van der Waals surface area contributed by atoms with Crippen LogP contribution in [0.1, 0.15) is 11.1 Å². The molecule has 19 heavy (non-hydrogen) atoms. The molecule has 0 radical (unpaired) electrons. The fourth-order valence-corrected chi connectivity index (χ4v) is 1.91. The molecule has 0 saturated heterocycles. The van der Waals surface area contributed by atoms with Crippen molar-refractivity contribution in [1.82, 2.24) is 0 Å². The molecule has 2 N–H and O–H groups in total. The molecule has 0 atom stereocenters. The van der Waals surface area contributed by atoms with Gasteiger partial charge in [-0.25, -0.2) is 4.39 Å². The van der Waals surface area contributed by atoms with Crippen LogP contribution in [-0.4, -0.2) is 0 Å². The second-order valence-electron chi connectivity index (χ2n) is 3.89. The maximum Gasteiger partial charge on any atom is 0.144 e. The third-order valence-electron chi connectivity index (χ3n) is 2.56. The van der Waals surface area contributed by atoms with Crippen LogP contribution in [0.4, 0.5) is 10.1 Å². The van der Waals surface area contributed by atoms with Crippen molar-refractivity contribution < 1.29 is 9.13 Å². The maximum absolute atomic E-state index is 13.4. The van der Waals surface area contributed by atoms with Crippen molar-refractivity contribution in [1.29, 1.82) is 5.26 Å². The highest BCUT2D eigenvalue weighted by atomic mass is 79.9. The van der Waals surface area contributed by atoms with Crippen LogP contribution in [0.3, 0.4) is 0 Å². The number of nitrogen functional groups attached to an aromatic ring is 1. The van der Waals surface area contributed by atoms with E-state index in [1.807, 2.05) is 12.1 Å². The first-order chi connectivity index (χ1) is 9.10. The molecule has 0 spiro atoms. The van der Waals surface area contributed by atoms with E-state index in [1.54, 1.807) is 18.2 Å². The minimum atomic E-state index is -0.594. The van der Waals surface area contributed by atoms with Crippen LogP contribution < -0.4 is 10.5 Å². The lowest BCUT2D eigenvalue weighted by Gasteiger charge is -2.09. The number of hydrogen-bond donors (Lipinski definition) is 1. The van der Waals surface area contributed by atoms with Crippen LogP contribution in [0, 0.1) is 17.1 Å². The Bertz CT molecular complexity index is 652. The molecule has 0 bridgehead atoms. The van der Waals surface area contributed by atoms with E-state index in [9.17, 15) is 4.39 Å². The molecule has 0 aromatic heterocycles. The highest BCUT2D eigenvalue weighted by molar-refractivity contribution is 9.10. The van der Waals surface area contributed by atoms with Gasteiger partial charge in [0.05, 0.1) is 5.56 Å². The van der Waals surface area contributed by atoms with Crippen LogP contribution in [0.15, 0.2) is 40.9 Å². The van der Waals surface area contributed by atoms with Gasteiger partial charge in [-0.3, -0.25) is 0 Å². The molecule has 0 unspecified atom stereocenters. The number of benzene rings is 2. The van der Waals surface area contributed by atoms with E-state index >= 15 is 0 Å². The number of nitrogens with two attached hydrogens (primary N) is 1. The Balaban J connectivity index is 2.10. The first kappa shape index (κ1) is 13.4. The van der Waals surface area contributed by atoms with Gasteiger partial charge in [-0.2, -0.15) is 5.26 Å². The normalized spacial score (nSPS) is 9.95. The van der Waals surface area contributed by atoms with Gasteiger partial charge in [0, 0.05) is 21.8 Å². The topological polar surface area (TPSA) is 59.0 Å². The summed E-state index contributed by atoms with van der Waals surface area (Å²) in [5, 5.41) is 8.63. The molecule has 0 fully saturated rings. The van der Waals surface area contributed by atoms with Crippen molar-refractivity contribution in [3.05, 3.63) is 57.8 Å². The predicted molar refractivity (Wildman–Crippen MR) is 74.0 cm³/mol. The Morgan fingerprint density at radius 3 is 2.68 bits per heavy atom. The summed E-state index contributed by atoms with van der Waals surface area (Å²) in [7, 11) is 0. The van der Waals surface area contributed by atoms with E-state index in [1.165, 1.54) is 12.1 Å². The zero-order valence-electron chi connectivity index (χ0n) is 9.86. The van der Waals surface area contributed by atoms with Crippen molar-refractivity contribution in [3.8, 4) is 11.8 Å². The van der Waals surface area contributed by atoms with Gasteiger partial charge in [0.15, 0.2) is 0 Å². The van der Waals surface area contributed by atoms with Crippen molar-refractivity contribution in [2.45, 2.75) is 6.61 Å². The monoisotopic (exact) mass is 320 g/mol. The molecule has 2 rings (SSSR count). The molecule has 0 saturated carbocycles. The van der Waals surface area contributed by atoms with E-state index in [2.05, 4.69) is 15.9 Å². The highest BCUT2D eigenvalue weighted by Crippen LogP contribution is 2.21. The SMILES string of the molecule is N#Cc1ccc(OCc2ccc(Br)cc2N)cc1F. The molecule has 0 aliphatic carbocycles. The number of anilines is 1. The molecule has 2 aromatic rings. The first-order valence-corrected chi connectivity index (χ1v) is 6.26. The lowest BCUT2D eigenvalue weighted by atomic mass is 10.2. The fraction of sp³-hybridized carbons (Fsp3) is 0.0714. The Kier molecular flexibility index (Phi) is 4.03. The second kappa shape index (κ2) is 5.72. The van der Waals surface area contributed by atoms with Gasteiger partial charge >= 0.3 is 0 Å². The number of hydrogen-bond acceptors (Lipinski definition) is 3. The smallest absolute Gasteiger partial charge is 0.144 e. The quantitative estimate of drug-likeness (QED) is 0.879. The summed E-state index contributed by atoms with van der Waals surface area (Å²) in [6, 6.07) is 11.3. The molecule has 2 aromatic carbocycles. The minimum Gasteiger partial charge on any atom is -0.489 e.